The highest BCUT2D eigenvalue weighted by molar-refractivity contribution is 9.10. The number of alkyl halides is 3. The lowest BCUT2D eigenvalue weighted by Crippen LogP contribution is -2.33. The topological polar surface area (TPSA) is 88.5 Å². The first-order chi connectivity index (χ1) is 20.4. The van der Waals surface area contributed by atoms with Crippen molar-refractivity contribution < 1.29 is 27.6 Å². The Morgan fingerprint density at radius 3 is 2.35 bits per heavy atom. The number of fused-ring (bicyclic) bond motifs is 2. The molecule has 0 radical (unpaired) electrons. The Hall–Kier alpha value is -3.39. The standard InChI is InChI=1S/C29H18BrClF3N3O4S2/c30-16-6-4-14(5-7-16)21-22-23(26(40)37(25(22)39)19-3-1-2-15(12-19)29(32,33)34)42-27-24(21)43-28(41)36(27)13-20(38)35-18-10-8-17(31)9-11-18/h1-12,21-23H,13H2,(H,35,38)/t21-,22?,23?/m1/s1. The maximum Gasteiger partial charge on any atom is 0.416 e. The molecule has 0 bridgehead atoms. The van der Waals surface area contributed by atoms with Crippen LogP contribution in [0.2, 0.25) is 5.02 Å². The van der Waals surface area contributed by atoms with Gasteiger partial charge in [0.05, 0.1) is 22.2 Å². The van der Waals surface area contributed by atoms with Gasteiger partial charge in [0.1, 0.15) is 11.8 Å². The van der Waals surface area contributed by atoms with Gasteiger partial charge in [0.25, 0.3) is 0 Å². The summed E-state index contributed by atoms with van der Waals surface area (Å²) in [7, 11) is 0. The monoisotopic (exact) mass is 707 g/mol. The molecular weight excluding hydrogens is 691 g/mol. The number of halogens is 5. The number of aromatic nitrogens is 1. The molecular formula is C29H18BrClF3N3O4S2. The molecule has 7 nitrogen and oxygen atoms in total. The molecule has 1 saturated heterocycles. The third kappa shape index (κ3) is 5.54. The van der Waals surface area contributed by atoms with Crippen molar-refractivity contribution in [1.82, 2.24) is 4.57 Å². The van der Waals surface area contributed by atoms with Crippen LogP contribution in [0.3, 0.4) is 0 Å². The number of benzene rings is 3. The van der Waals surface area contributed by atoms with E-state index in [0.717, 1.165) is 50.7 Å². The van der Waals surface area contributed by atoms with Crippen molar-refractivity contribution in [2.24, 2.45) is 5.92 Å². The van der Waals surface area contributed by atoms with Gasteiger partial charge in [0.15, 0.2) is 0 Å². The molecule has 2 unspecified atom stereocenters. The van der Waals surface area contributed by atoms with Gasteiger partial charge in [-0.15, -0.1) is 0 Å². The van der Waals surface area contributed by atoms with Crippen molar-refractivity contribution in [3.63, 3.8) is 0 Å². The van der Waals surface area contributed by atoms with Gasteiger partial charge in [-0.05, 0) is 60.2 Å². The van der Waals surface area contributed by atoms with E-state index >= 15 is 0 Å². The van der Waals surface area contributed by atoms with Crippen molar-refractivity contribution in [3.8, 4) is 0 Å². The van der Waals surface area contributed by atoms with Crippen molar-refractivity contribution in [3.05, 3.63) is 108 Å². The third-order valence-corrected chi connectivity index (χ3v) is 10.5. The second-order valence-corrected chi connectivity index (χ2v) is 13.3. The zero-order valence-electron chi connectivity index (χ0n) is 21.6. The first-order valence-electron chi connectivity index (χ1n) is 12.7. The van der Waals surface area contributed by atoms with E-state index in [4.69, 9.17) is 11.6 Å². The van der Waals surface area contributed by atoms with Gasteiger partial charge in [-0.1, -0.05) is 68.8 Å². The number of hydrogen-bond acceptors (Lipinski definition) is 6. The molecule has 0 spiro atoms. The van der Waals surface area contributed by atoms with E-state index in [1.54, 1.807) is 48.5 Å². The quantitative estimate of drug-likeness (QED) is 0.231. The maximum atomic E-state index is 13.9. The van der Waals surface area contributed by atoms with Gasteiger partial charge in [-0.3, -0.25) is 23.7 Å². The molecule has 1 N–H and O–H groups in total. The first-order valence-corrected chi connectivity index (χ1v) is 15.5. The molecule has 1 fully saturated rings. The van der Waals surface area contributed by atoms with Crippen LogP contribution in [0.15, 0.2) is 87.1 Å². The summed E-state index contributed by atoms with van der Waals surface area (Å²) in [5.74, 6) is -3.58. The highest BCUT2D eigenvalue weighted by Crippen LogP contribution is 2.54. The van der Waals surface area contributed by atoms with E-state index in [0.29, 0.717) is 26.2 Å². The van der Waals surface area contributed by atoms with Crippen molar-refractivity contribution in [2.45, 2.75) is 28.9 Å². The number of amides is 3. The Morgan fingerprint density at radius 1 is 0.977 bits per heavy atom. The summed E-state index contributed by atoms with van der Waals surface area (Å²) < 4.78 is 42.5. The predicted molar refractivity (Wildman–Crippen MR) is 162 cm³/mol. The summed E-state index contributed by atoms with van der Waals surface area (Å²) >= 11 is 11.2. The number of anilines is 2. The average Bonchev–Trinajstić information content (AvgIpc) is 3.40. The molecule has 4 aromatic rings. The number of carbonyl (C=O) groups excluding carboxylic acids is 3. The van der Waals surface area contributed by atoms with Crippen molar-refractivity contribution in [1.29, 1.82) is 0 Å². The van der Waals surface area contributed by atoms with Crippen LogP contribution < -0.4 is 15.1 Å². The lowest BCUT2D eigenvalue weighted by molar-refractivity contribution is -0.137. The minimum atomic E-state index is -4.67. The summed E-state index contributed by atoms with van der Waals surface area (Å²) in [4.78, 5) is 54.8. The zero-order valence-corrected chi connectivity index (χ0v) is 25.6. The molecule has 6 rings (SSSR count). The SMILES string of the molecule is O=C(Cn1c2c(sc1=O)[C@H](c1ccc(Br)cc1)C1C(=O)N(c3cccc(C(F)(F)F)c3)C(=O)C1S2)Nc1ccc(Cl)cc1. The Morgan fingerprint density at radius 2 is 1.67 bits per heavy atom. The van der Waals surface area contributed by atoms with Crippen LogP contribution in [-0.2, 0) is 27.1 Å². The van der Waals surface area contributed by atoms with Gasteiger partial charge in [-0.25, -0.2) is 4.90 Å². The summed E-state index contributed by atoms with van der Waals surface area (Å²) in [6, 6.07) is 17.6. The number of nitrogens with one attached hydrogen (secondary N) is 1. The van der Waals surface area contributed by atoms with E-state index in [-0.39, 0.29) is 12.2 Å². The molecule has 0 saturated carbocycles. The van der Waals surface area contributed by atoms with Crippen LogP contribution in [0.1, 0.15) is 21.9 Å². The van der Waals surface area contributed by atoms with E-state index in [1.165, 1.54) is 10.6 Å². The van der Waals surface area contributed by atoms with Gasteiger partial charge >= 0.3 is 11.0 Å². The Balaban J connectivity index is 1.40. The van der Waals surface area contributed by atoms with Gasteiger partial charge < -0.3 is 5.32 Å². The number of hydrogen-bond donors (Lipinski definition) is 1. The number of thioether (sulfide) groups is 1. The number of thiazole rings is 1. The first kappa shape index (κ1) is 29.7. The molecule has 3 heterocycles. The second kappa shape index (κ2) is 11.3. The minimum Gasteiger partial charge on any atom is -0.325 e. The molecule has 3 atom stereocenters. The highest BCUT2D eigenvalue weighted by atomic mass is 79.9. The fourth-order valence-electron chi connectivity index (χ4n) is 5.24. The predicted octanol–water partition coefficient (Wildman–Crippen LogP) is 6.78. The zero-order chi connectivity index (χ0) is 30.6. The van der Waals surface area contributed by atoms with E-state index in [2.05, 4.69) is 21.2 Å². The fourth-order valence-corrected chi connectivity index (χ4v) is 8.40. The number of imide groups is 1. The van der Waals surface area contributed by atoms with E-state index in [1.807, 2.05) is 0 Å². The van der Waals surface area contributed by atoms with E-state index in [9.17, 15) is 32.3 Å². The van der Waals surface area contributed by atoms with Crippen LogP contribution in [0.25, 0.3) is 0 Å². The fraction of sp³-hybridized carbons (Fsp3) is 0.172. The third-order valence-electron chi connectivity index (χ3n) is 7.14. The van der Waals surface area contributed by atoms with Gasteiger partial charge in [0, 0.05) is 26.0 Å². The lowest BCUT2D eigenvalue weighted by atomic mass is 9.83. The summed E-state index contributed by atoms with van der Waals surface area (Å²) in [5.41, 5.74) is -0.0548. The van der Waals surface area contributed by atoms with Gasteiger partial charge in [-0.2, -0.15) is 13.2 Å². The van der Waals surface area contributed by atoms with Gasteiger partial charge in [0.2, 0.25) is 17.7 Å². The molecule has 43 heavy (non-hydrogen) atoms. The molecule has 0 aliphatic carbocycles. The van der Waals surface area contributed by atoms with Crippen LogP contribution in [0, 0.1) is 5.92 Å². The Labute approximate surface area is 263 Å². The summed E-state index contributed by atoms with van der Waals surface area (Å²) in [6.07, 6.45) is -4.67. The van der Waals surface area contributed by atoms with E-state index < -0.39 is 51.4 Å². The van der Waals surface area contributed by atoms with Crippen LogP contribution in [-0.4, -0.2) is 27.5 Å². The second-order valence-electron chi connectivity index (χ2n) is 9.83. The largest absolute Gasteiger partial charge is 0.416 e. The molecule has 220 valence electrons. The summed E-state index contributed by atoms with van der Waals surface area (Å²) in [6.45, 7) is -0.357. The molecule has 2 aliphatic heterocycles. The average molecular weight is 709 g/mol. The van der Waals surface area contributed by atoms with Crippen molar-refractivity contribution >= 4 is 79.7 Å². The van der Waals surface area contributed by atoms with Crippen LogP contribution >= 0.6 is 50.6 Å². The smallest absolute Gasteiger partial charge is 0.325 e. The summed E-state index contributed by atoms with van der Waals surface area (Å²) in [5, 5.41) is 2.52. The molecule has 1 aromatic heterocycles. The lowest BCUT2D eigenvalue weighted by Gasteiger charge is -2.30. The molecule has 14 heteroatoms. The molecule has 3 aromatic carbocycles. The normalized spacial score (nSPS) is 19.7. The minimum absolute atomic E-state index is 0.183. The Bertz CT molecular complexity index is 1830. The van der Waals surface area contributed by atoms with Crippen LogP contribution in [0.4, 0.5) is 24.5 Å². The highest BCUT2D eigenvalue weighted by Gasteiger charge is 2.57. The van der Waals surface area contributed by atoms with Crippen LogP contribution in [0.5, 0.6) is 0 Å². The number of nitrogens with zero attached hydrogens (tertiary/aromatic N) is 2. The Kier molecular flexibility index (Phi) is 7.78. The molecule has 3 amide bonds. The maximum absolute atomic E-state index is 13.9. The molecule has 2 aliphatic rings. The number of carbonyl (C=O) groups is 3. The van der Waals surface area contributed by atoms with Crippen molar-refractivity contribution in [2.75, 3.05) is 10.2 Å². The number of rotatable bonds is 5.